The molecule has 6 nitrogen and oxygen atoms in total. The zero-order valence-electron chi connectivity index (χ0n) is 16.0. The highest BCUT2D eigenvalue weighted by Crippen LogP contribution is 2.30. The first kappa shape index (κ1) is 20.4. The van der Waals surface area contributed by atoms with Crippen molar-refractivity contribution in [3.05, 3.63) is 20.8 Å². The van der Waals surface area contributed by atoms with Crippen LogP contribution in [-0.4, -0.2) is 52.1 Å². The van der Waals surface area contributed by atoms with Crippen molar-refractivity contribution in [2.75, 3.05) is 30.3 Å². The second kappa shape index (κ2) is 9.28. The van der Waals surface area contributed by atoms with E-state index in [0.29, 0.717) is 5.75 Å². The lowest BCUT2D eigenvalue weighted by Gasteiger charge is -2.31. The fraction of sp³-hybridized carbons (Fsp3) is 0.632. The Morgan fingerprint density at radius 3 is 2.86 bits per heavy atom. The van der Waals surface area contributed by atoms with Gasteiger partial charge in [0.15, 0.2) is 10.9 Å². The van der Waals surface area contributed by atoms with E-state index in [1.165, 1.54) is 35.9 Å². The average Bonchev–Trinajstić information content (AvgIpc) is 3.43. The van der Waals surface area contributed by atoms with Crippen LogP contribution in [-0.2, 0) is 11.3 Å². The Bertz CT molecular complexity index is 811. The van der Waals surface area contributed by atoms with Crippen LogP contribution < -0.4 is 4.90 Å². The van der Waals surface area contributed by atoms with Crippen LogP contribution in [0.4, 0.5) is 5.95 Å². The number of piperidine rings is 1. The molecule has 2 aromatic rings. The molecule has 0 bridgehead atoms. The summed E-state index contributed by atoms with van der Waals surface area (Å²) >= 11 is 6.40. The SMILES string of the molecule is CC1CCN(c2nnc(SCC(=O)c3sccc3Br)n2CC2CCCO2)CC1. The summed E-state index contributed by atoms with van der Waals surface area (Å²) in [6.07, 6.45) is 4.75. The third kappa shape index (κ3) is 4.63. The minimum Gasteiger partial charge on any atom is -0.376 e. The number of ketones is 1. The van der Waals surface area contributed by atoms with E-state index in [4.69, 9.17) is 4.74 Å². The van der Waals surface area contributed by atoms with Gasteiger partial charge in [-0.3, -0.25) is 9.36 Å². The van der Waals surface area contributed by atoms with Gasteiger partial charge in [-0.05, 0) is 59.0 Å². The van der Waals surface area contributed by atoms with Crippen molar-refractivity contribution >= 4 is 50.8 Å². The van der Waals surface area contributed by atoms with Gasteiger partial charge < -0.3 is 9.64 Å². The number of aromatic nitrogens is 3. The summed E-state index contributed by atoms with van der Waals surface area (Å²) in [5, 5.41) is 11.7. The number of thioether (sulfide) groups is 1. The molecule has 1 unspecified atom stereocenters. The van der Waals surface area contributed by atoms with Gasteiger partial charge in [0.1, 0.15) is 0 Å². The lowest BCUT2D eigenvalue weighted by Crippen LogP contribution is -2.35. The molecule has 2 fully saturated rings. The number of ether oxygens (including phenoxy) is 1. The summed E-state index contributed by atoms with van der Waals surface area (Å²) in [6.45, 7) is 5.92. The van der Waals surface area contributed by atoms with Crippen LogP contribution in [0.1, 0.15) is 42.3 Å². The van der Waals surface area contributed by atoms with Crippen LogP contribution >= 0.6 is 39.0 Å². The predicted octanol–water partition coefficient (Wildman–Crippen LogP) is 4.49. The molecule has 1 atom stereocenters. The molecule has 2 saturated heterocycles. The molecule has 0 aromatic carbocycles. The zero-order valence-corrected chi connectivity index (χ0v) is 19.2. The highest BCUT2D eigenvalue weighted by atomic mass is 79.9. The Kier molecular flexibility index (Phi) is 6.75. The molecule has 0 radical (unpaired) electrons. The summed E-state index contributed by atoms with van der Waals surface area (Å²) in [7, 11) is 0. The fourth-order valence-electron chi connectivity index (χ4n) is 3.67. The second-order valence-electron chi connectivity index (χ2n) is 7.51. The maximum Gasteiger partial charge on any atom is 0.228 e. The molecule has 152 valence electrons. The Labute approximate surface area is 182 Å². The molecule has 2 aliphatic heterocycles. The molecule has 28 heavy (non-hydrogen) atoms. The number of rotatable bonds is 7. The fourth-order valence-corrected chi connectivity index (χ4v) is 6.11. The third-order valence-corrected chi connectivity index (χ3v) is 8.22. The first-order valence-electron chi connectivity index (χ1n) is 9.80. The monoisotopic (exact) mass is 484 g/mol. The number of thiophene rings is 1. The van der Waals surface area contributed by atoms with Crippen LogP contribution in [0.2, 0.25) is 0 Å². The summed E-state index contributed by atoms with van der Waals surface area (Å²) in [4.78, 5) is 15.7. The normalized spacial score (nSPS) is 20.8. The molecule has 0 saturated carbocycles. The van der Waals surface area contributed by atoms with E-state index in [0.717, 1.165) is 65.5 Å². The van der Waals surface area contributed by atoms with Crippen molar-refractivity contribution < 1.29 is 9.53 Å². The highest BCUT2D eigenvalue weighted by molar-refractivity contribution is 9.10. The van der Waals surface area contributed by atoms with E-state index in [1.807, 2.05) is 11.4 Å². The van der Waals surface area contributed by atoms with Gasteiger partial charge in [0, 0.05) is 24.2 Å². The Hall–Kier alpha value is -0.900. The standard InChI is InChI=1S/C19H25BrN4O2S2/c1-13-4-7-23(8-5-13)18-21-22-19(24(18)11-14-3-2-9-26-14)28-12-16(25)17-15(20)6-10-27-17/h6,10,13-14H,2-5,7-9,11-12H2,1H3. The van der Waals surface area contributed by atoms with Crippen LogP contribution in [0, 0.1) is 5.92 Å². The van der Waals surface area contributed by atoms with E-state index in [1.54, 1.807) is 0 Å². The quantitative estimate of drug-likeness (QED) is 0.426. The average molecular weight is 485 g/mol. The first-order chi connectivity index (χ1) is 13.6. The molecule has 0 aliphatic carbocycles. The minimum absolute atomic E-state index is 0.117. The van der Waals surface area contributed by atoms with Crippen molar-refractivity contribution in [1.82, 2.24) is 14.8 Å². The molecular weight excluding hydrogens is 460 g/mol. The molecule has 9 heteroatoms. The number of halogens is 1. The zero-order chi connectivity index (χ0) is 19.5. The number of carbonyl (C=O) groups is 1. The van der Waals surface area contributed by atoms with Crippen molar-refractivity contribution in [2.45, 2.75) is 50.4 Å². The number of Topliss-reactive ketones (excluding diaryl/α,β-unsaturated/α-hetero) is 1. The second-order valence-corrected chi connectivity index (χ2v) is 10.2. The van der Waals surface area contributed by atoms with Gasteiger partial charge in [0.25, 0.3) is 0 Å². The topological polar surface area (TPSA) is 60.2 Å². The van der Waals surface area contributed by atoms with Gasteiger partial charge in [-0.25, -0.2) is 0 Å². The lowest BCUT2D eigenvalue weighted by molar-refractivity contribution is 0.0951. The minimum atomic E-state index is 0.117. The smallest absolute Gasteiger partial charge is 0.228 e. The van der Waals surface area contributed by atoms with Crippen molar-refractivity contribution in [2.24, 2.45) is 5.92 Å². The van der Waals surface area contributed by atoms with Gasteiger partial charge in [-0.15, -0.1) is 21.5 Å². The number of carbonyl (C=O) groups excluding carboxylic acids is 1. The van der Waals surface area contributed by atoms with Crippen molar-refractivity contribution in [3.8, 4) is 0 Å². The van der Waals surface area contributed by atoms with E-state index >= 15 is 0 Å². The van der Waals surface area contributed by atoms with Crippen LogP contribution in [0.25, 0.3) is 0 Å². The van der Waals surface area contributed by atoms with Gasteiger partial charge in [-0.1, -0.05) is 18.7 Å². The summed E-state index contributed by atoms with van der Waals surface area (Å²) < 4.78 is 8.91. The van der Waals surface area contributed by atoms with E-state index < -0.39 is 0 Å². The molecule has 4 rings (SSSR count). The summed E-state index contributed by atoms with van der Waals surface area (Å²) in [5.41, 5.74) is 0. The Morgan fingerprint density at radius 2 is 2.18 bits per heavy atom. The van der Waals surface area contributed by atoms with Crippen LogP contribution in [0.3, 0.4) is 0 Å². The highest BCUT2D eigenvalue weighted by Gasteiger charge is 2.26. The molecule has 4 heterocycles. The summed E-state index contributed by atoms with van der Waals surface area (Å²) in [5.74, 6) is 2.17. The first-order valence-corrected chi connectivity index (χ1v) is 12.5. The number of hydrogen-bond donors (Lipinski definition) is 0. The maximum atomic E-state index is 12.6. The van der Waals surface area contributed by atoms with Gasteiger partial charge in [-0.2, -0.15) is 0 Å². The predicted molar refractivity (Wildman–Crippen MR) is 117 cm³/mol. The number of nitrogens with zero attached hydrogens (tertiary/aromatic N) is 4. The molecule has 2 aliphatic rings. The van der Waals surface area contributed by atoms with Crippen LogP contribution in [0.15, 0.2) is 21.1 Å². The molecule has 2 aromatic heterocycles. The largest absolute Gasteiger partial charge is 0.376 e. The number of anilines is 1. The maximum absolute atomic E-state index is 12.6. The van der Waals surface area contributed by atoms with Gasteiger partial charge >= 0.3 is 0 Å². The Morgan fingerprint density at radius 1 is 1.36 bits per heavy atom. The summed E-state index contributed by atoms with van der Waals surface area (Å²) in [6, 6.07) is 1.91. The van der Waals surface area contributed by atoms with Gasteiger partial charge in [0.05, 0.1) is 23.3 Å². The molecular formula is C19H25BrN4O2S2. The van der Waals surface area contributed by atoms with Gasteiger partial charge in [0.2, 0.25) is 5.95 Å². The molecule has 0 amide bonds. The van der Waals surface area contributed by atoms with E-state index in [9.17, 15) is 4.79 Å². The Balaban J connectivity index is 1.50. The van der Waals surface area contributed by atoms with E-state index in [2.05, 4.69) is 42.5 Å². The lowest BCUT2D eigenvalue weighted by atomic mass is 10.00. The van der Waals surface area contributed by atoms with E-state index in [-0.39, 0.29) is 11.9 Å². The van der Waals surface area contributed by atoms with Crippen molar-refractivity contribution in [3.63, 3.8) is 0 Å². The van der Waals surface area contributed by atoms with Crippen molar-refractivity contribution in [1.29, 1.82) is 0 Å². The third-order valence-electron chi connectivity index (χ3n) is 5.38. The molecule has 0 spiro atoms. The number of hydrogen-bond acceptors (Lipinski definition) is 7. The van der Waals surface area contributed by atoms with Crippen LogP contribution in [0.5, 0.6) is 0 Å². The molecule has 0 N–H and O–H groups in total.